The number of benzene rings is 1. The van der Waals surface area contributed by atoms with Crippen molar-refractivity contribution in [2.24, 2.45) is 0 Å². The zero-order chi connectivity index (χ0) is 12.0. The number of alkyl halides is 1. The number of hydrogen-bond acceptors (Lipinski definition) is 4. The first-order valence-electron chi connectivity index (χ1n) is 4.73. The van der Waals surface area contributed by atoms with E-state index in [9.17, 15) is 4.57 Å². The fourth-order valence-corrected chi connectivity index (χ4v) is 2.22. The Bertz CT molecular complexity index is 383. The Morgan fingerprint density at radius 3 is 2.62 bits per heavy atom. The van der Waals surface area contributed by atoms with Gasteiger partial charge in [0.15, 0.2) is 0 Å². The van der Waals surface area contributed by atoms with Crippen molar-refractivity contribution in [3.05, 3.63) is 29.8 Å². The maximum absolute atomic E-state index is 11.9. The van der Waals surface area contributed by atoms with Crippen LogP contribution < -0.4 is 4.52 Å². The Morgan fingerprint density at radius 2 is 2.06 bits per heavy atom. The van der Waals surface area contributed by atoms with E-state index in [1.165, 1.54) is 7.11 Å². The molecule has 0 aliphatic carbocycles. The summed E-state index contributed by atoms with van der Waals surface area (Å²) in [4.78, 5) is 0. The van der Waals surface area contributed by atoms with Crippen molar-refractivity contribution >= 4 is 19.4 Å². The van der Waals surface area contributed by atoms with Gasteiger partial charge in [-0.2, -0.15) is 0 Å². The summed E-state index contributed by atoms with van der Waals surface area (Å²) in [5, 5.41) is 0. The number of halogens is 1. The van der Waals surface area contributed by atoms with Crippen LogP contribution in [-0.2, 0) is 13.6 Å². The molecule has 16 heavy (non-hydrogen) atoms. The Balaban J connectivity index is 2.77. The second kappa shape index (κ2) is 6.26. The molecule has 0 spiro atoms. The average molecular weight is 265 g/mol. The average Bonchev–Trinajstić information content (AvgIpc) is 2.30. The van der Waals surface area contributed by atoms with Gasteiger partial charge in [0.25, 0.3) is 0 Å². The van der Waals surface area contributed by atoms with Gasteiger partial charge in [-0.15, -0.1) is 11.6 Å². The Labute approximate surface area is 100 Å². The van der Waals surface area contributed by atoms with E-state index in [0.717, 1.165) is 5.56 Å². The minimum absolute atomic E-state index is 0.110. The first-order valence-corrected chi connectivity index (χ1v) is 6.72. The normalized spacial score (nSPS) is 14.4. The van der Waals surface area contributed by atoms with Crippen molar-refractivity contribution in [3.8, 4) is 5.75 Å². The fraction of sp³-hybridized carbons (Fsp3) is 0.400. The second-order valence-electron chi connectivity index (χ2n) is 3.01. The lowest BCUT2D eigenvalue weighted by Gasteiger charge is -2.17. The molecule has 90 valence electrons. The van der Waals surface area contributed by atoms with Gasteiger partial charge in [-0.3, -0.25) is 9.05 Å². The lowest BCUT2D eigenvalue weighted by molar-refractivity contribution is 0.188. The number of rotatable bonds is 6. The fourth-order valence-electron chi connectivity index (χ4n) is 1.04. The Kier molecular flexibility index (Phi) is 5.29. The summed E-state index contributed by atoms with van der Waals surface area (Å²) in [5.41, 5.74) is 0.856. The summed E-state index contributed by atoms with van der Waals surface area (Å²) < 4.78 is 26.9. The number of aryl methyl sites for hydroxylation is 1. The molecule has 0 heterocycles. The molecule has 0 aliphatic heterocycles. The van der Waals surface area contributed by atoms with E-state index in [-0.39, 0.29) is 12.5 Å². The van der Waals surface area contributed by atoms with Gasteiger partial charge >= 0.3 is 7.82 Å². The predicted octanol–water partition coefficient (Wildman–Crippen LogP) is 3.38. The van der Waals surface area contributed by atoms with E-state index in [1.54, 1.807) is 12.1 Å². The lowest BCUT2D eigenvalue weighted by Crippen LogP contribution is -2.03. The molecule has 0 amide bonds. The highest BCUT2D eigenvalue weighted by Crippen LogP contribution is 2.49. The van der Waals surface area contributed by atoms with Crippen LogP contribution in [0.25, 0.3) is 0 Å². The number of phosphoric ester groups is 1. The molecule has 0 saturated carbocycles. The van der Waals surface area contributed by atoms with E-state index in [4.69, 9.17) is 25.2 Å². The summed E-state index contributed by atoms with van der Waals surface area (Å²) in [6.45, 7) is 1.95. The van der Waals surface area contributed by atoms with Crippen LogP contribution in [0.5, 0.6) is 5.75 Å². The molecule has 0 fully saturated rings. The molecule has 1 aromatic rings. The van der Waals surface area contributed by atoms with E-state index in [1.807, 2.05) is 19.1 Å². The predicted molar refractivity (Wildman–Crippen MR) is 63.1 cm³/mol. The molecule has 1 aromatic carbocycles. The van der Waals surface area contributed by atoms with Gasteiger partial charge in [-0.1, -0.05) is 18.2 Å². The molecule has 0 aromatic heterocycles. The largest absolute Gasteiger partial charge is 0.529 e. The summed E-state index contributed by atoms with van der Waals surface area (Å²) >= 11 is 5.44. The van der Waals surface area contributed by atoms with Gasteiger partial charge in [0.2, 0.25) is 0 Å². The quantitative estimate of drug-likeness (QED) is 0.584. The molecule has 4 nitrogen and oxygen atoms in total. The summed E-state index contributed by atoms with van der Waals surface area (Å²) in [7, 11) is -2.28. The SMILES string of the molecule is COP(=O)(OCCCl)Oc1ccccc1C. The monoisotopic (exact) mass is 264 g/mol. The zero-order valence-corrected chi connectivity index (χ0v) is 10.8. The van der Waals surface area contributed by atoms with E-state index < -0.39 is 7.82 Å². The van der Waals surface area contributed by atoms with Crippen LogP contribution >= 0.6 is 19.4 Å². The maximum Gasteiger partial charge on any atom is 0.529 e. The zero-order valence-electron chi connectivity index (χ0n) is 9.18. The molecule has 0 N–H and O–H groups in total. The standard InChI is InChI=1S/C10H14ClO4P/c1-9-5-3-4-6-10(9)15-16(12,13-2)14-8-7-11/h3-6H,7-8H2,1-2H3. The summed E-state index contributed by atoms with van der Waals surface area (Å²) in [5.74, 6) is 0.701. The van der Waals surface area contributed by atoms with Gasteiger partial charge in [0.05, 0.1) is 6.61 Å². The highest BCUT2D eigenvalue weighted by Gasteiger charge is 2.26. The highest BCUT2D eigenvalue weighted by molar-refractivity contribution is 7.48. The molecule has 1 atom stereocenters. The van der Waals surface area contributed by atoms with Crippen molar-refractivity contribution in [2.45, 2.75) is 6.92 Å². The first kappa shape index (κ1) is 13.5. The molecular weight excluding hydrogens is 251 g/mol. The molecule has 1 rings (SSSR count). The molecule has 0 aliphatic rings. The smallest absolute Gasteiger partial charge is 0.404 e. The van der Waals surface area contributed by atoms with Crippen molar-refractivity contribution in [2.75, 3.05) is 19.6 Å². The molecular formula is C10H14ClO4P. The number of para-hydroxylation sites is 1. The lowest BCUT2D eigenvalue weighted by atomic mass is 10.2. The molecule has 1 unspecified atom stereocenters. The molecule has 0 bridgehead atoms. The first-order chi connectivity index (χ1) is 7.61. The molecule has 6 heteroatoms. The van der Waals surface area contributed by atoms with Crippen molar-refractivity contribution < 1.29 is 18.1 Å². The van der Waals surface area contributed by atoms with E-state index in [0.29, 0.717) is 5.75 Å². The van der Waals surface area contributed by atoms with Gasteiger partial charge in [-0.05, 0) is 18.6 Å². The van der Waals surface area contributed by atoms with Crippen molar-refractivity contribution in [1.82, 2.24) is 0 Å². The van der Waals surface area contributed by atoms with Crippen LogP contribution in [0.1, 0.15) is 5.56 Å². The van der Waals surface area contributed by atoms with Crippen molar-refractivity contribution in [3.63, 3.8) is 0 Å². The third kappa shape index (κ3) is 3.80. The Hall–Kier alpha value is -0.540. The minimum Gasteiger partial charge on any atom is -0.404 e. The van der Waals surface area contributed by atoms with Crippen LogP contribution in [-0.4, -0.2) is 19.6 Å². The van der Waals surface area contributed by atoms with Crippen LogP contribution in [0.2, 0.25) is 0 Å². The second-order valence-corrected chi connectivity index (χ2v) is 5.09. The van der Waals surface area contributed by atoms with E-state index >= 15 is 0 Å². The van der Waals surface area contributed by atoms with Crippen LogP contribution in [0.15, 0.2) is 24.3 Å². The number of hydrogen-bond donors (Lipinski definition) is 0. The van der Waals surface area contributed by atoms with Gasteiger partial charge in [-0.25, -0.2) is 4.57 Å². The molecule has 0 saturated heterocycles. The van der Waals surface area contributed by atoms with Gasteiger partial charge in [0, 0.05) is 13.0 Å². The van der Waals surface area contributed by atoms with Crippen LogP contribution in [0, 0.1) is 6.92 Å². The van der Waals surface area contributed by atoms with Crippen LogP contribution in [0.3, 0.4) is 0 Å². The minimum atomic E-state index is -3.55. The van der Waals surface area contributed by atoms with Gasteiger partial charge in [0.1, 0.15) is 5.75 Å². The highest BCUT2D eigenvalue weighted by atomic mass is 35.5. The summed E-state index contributed by atoms with van der Waals surface area (Å²) in [6.07, 6.45) is 0. The van der Waals surface area contributed by atoms with E-state index in [2.05, 4.69) is 0 Å². The number of phosphoric acid groups is 1. The Morgan fingerprint density at radius 1 is 1.38 bits per heavy atom. The molecule has 0 radical (unpaired) electrons. The van der Waals surface area contributed by atoms with Crippen molar-refractivity contribution in [1.29, 1.82) is 0 Å². The van der Waals surface area contributed by atoms with Crippen LogP contribution in [0.4, 0.5) is 0 Å². The maximum atomic E-state index is 11.9. The third-order valence-electron chi connectivity index (χ3n) is 1.85. The topological polar surface area (TPSA) is 44.8 Å². The van der Waals surface area contributed by atoms with Gasteiger partial charge < -0.3 is 4.52 Å². The summed E-state index contributed by atoms with van der Waals surface area (Å²) in [6, 6.07) is 7.19. The third-order valence-corrected chi connectivity index (χ3v) is 3.37.